The highest BCUT2D eigenvalue weighted by molar-refractivity contribution is 5.80. The van der Waals surface area contributed by atoms with Gasteiger partial charge < -0.3 is 15.3 Å². The number of rotatable bonds is 5. The minimum atomic E-state index is -1.07. The molecule has 110 valence electrons. The summed E-state index contributed by atoms with van der Waals surface area (Å²) in [6.07, 6.45) is 0. The number of halogens is 1. The topological polar surface area (TPSA) is 69.6 Å². The van der Waals surface area contributed by atoms with Gasteiger partial charge in [-0.2, -0.15) is 0 Å². The van der Waals surface area contributed by atoms with E-state index in [4.69, 9.17) is 5.11 Å². The molecule has 1 aromatic rings. The number of hydrogen-bond acceptors (Lipinski definition) is 2. The zero-order valence-electron chi connectivity index (χ0n) is 11.8. The summed E-state index contributed by atoms with van der Waals surface area (Å²) in [5, 5.41) is 11.4. The lowest BCUT2D eigenvalue weighted by molar-refractivity contribution is -0.137. The van der Waals surface area contributed by atoms with Crippen molar-refractivity contribution in [2.75, 3.05) is 13.1 Å². The molecule has 0 bridgehead atoms. The fraction of sp³-hybridized carbons (Fsp3) is 0.429. The summed E-state index contributed by atoms with van der Waals surface area (Å²) >= 11 is 0. The number of aryl methyl sites for hydroxylation is 1. The van der Waals surface area contributed by atoms with Crippen LogP contribution in [0.5, 0.6) is 0 Å². The minimum absolute atomic E-state index is 0.285. The van der Waals surface area contributed by atoms with Gasteiger partial charge in [0.15, 0.2) is 0 Å². The van der Waals surface area contributed by atoms with E-state index in [0.29, 0.717) is 11.1 Å². The molecular weight excluding hydrogens is 263 g/mol. The van der Waals surface area contributed by atoms with Crippen LogP contribution in [-0.2, 0) is 4.79 Å². The predicted octanol–water partition coefficient (Wildman–Crippen LogP) is 2.31. The first kappa shape index (κ1) is 15.9. The first-order chi connectivity index (χ1) is 9.35. The van der Waals surface area contributed by atoms with E-state index in [-0.39, 0.29) is 18.9 Å². The van der Waals surface area contributed by atoms with E-state index < -0.39 is 18.0 Å². The van der Waals surface area contributed by atoms with Crippen molar-refractivity contribution in [1.29, 1.82) is 0 Å². The molecule has 0 fully saturated rings. The smallest absolute Gasteiger partial charge is 0.323 e. The Kier molecular flexibility index (Phi) is 5.49. The Hall–Kier alpha value is -2.11. The van der Waals surface area contributed by atoms with Crippen LogP contribution in [0.2, 0.25) is 0 Å². The Morgan fingerprint density at radius 3 is 2.60 bits per heavy atom. The van der Waals surface area contributed by atoms with Gasteiger partial charge in [0.25, 0.3) is 0 Å². The summed E-state index contributed by atoms with van der Waals surface area (Å²) < 4.78 is 13.5. The number of amides is 2. The number of carboxylic acid groups (broad SMARTS) is 1. The fourth-order valence-electron chi connectivity index (χ4n) is 1.73. The van der Waals surface area contributed by atoms with Crippen LogP contribution in [0.15, 0.2) is 18.2 Å². The van der Waals surface area contributed by atoms with Gasteiger partial charge in [-0.15, -0.1) is 0 Å². The van der Waals surface area contributed by atoms with Crippen molar-refractivity contribution < 1.29 is 19.1 Å². The molecule has 0 saturated carbocycles. The van der Waals surface area contributed by atoms with Crippen molar-refractivity contribution in [3.05, 3.63) is 35.1 Å². The number of likely N-dealkylation sites (N-methyl/N-ethyl adjacent to an activating group) is 1. The van der Waals surface area contributed by atoms with E-state index in [9.17, 15) is 14.0 Å². The van der Waals surface area contributed by atoms with Crippen molar-refractivity contribution >= 4 is 12.0 Å². The van der Waals surface area contributed by atoms with Crippen LogP contribution in [-0.4, -0.2) is 35.1 Å². The third-order valence-electron chi connectivity index (χ3n) is 3.03. The van der Waals surface area contributed by atoms with Gasteiger partial charge in [-0.25, -0.2) is 9.18 Å². The molecule has 20 heavy (non-hydrogen) atoms. The molecular formula is C14H19FN2O3. The van der Waals surface area contributed by atoms with Gasteiger partial charge in [0.2, 0.25) is 0 Å². The van der Waals surface area contributed by atoms with Gasteiger partial charge in [0.05, 0.1) is 6.04 Å². The molecule has 5 nitrogen and oxygen atoms in total. The first-order valence-electron chi connectivity index (χ1n) is 6.38. The van der Waals surface area contributed by atoms with E-state index in [2.05, 4.69) is 5.32 Å². The van der Waals surface area contributed by atoms with E-state index in [1.54, 1.807) is 32.9 Å². The molecule has 6 heteroatoms. The Labute approximate surface area is 117 Å². The van der Waals surface area contributed by atoms with Gasteiger partial charge in [0, 0.05) is 6.54 Å². The lowest BCUT2D eigenvalue weighted by Gasteiger charge is -2.22. The predicted molar refractivity (Wildman–Crippen MR) is 73.0 cm³/mol. The third-order valence-corrected chi connectivity index (χ3v) is 3.03. The van der Waals surface area contributed by atoms with Crippen LogP contribution in [0, 0.1) is 12.7 Å². The average Bonchev–Trinajstić information content (AvgIpc) is 2.38. The second kappa shape index (κ2) is 6.88. The molecule has 0 aromatic heterocycles. The Morgan fingerprint density at radius 2 is 2.10 bits per heavy atom. The lowest BCUT2D eigenvalue weighted by Crippen LogP contribution is -2.43. The van der Waals surface area contributed by atoms with Gasteiger partial charge >= 0.3 is 12.0 Å². The molecule has 0 radical (unpaired) electrons. The quantitative estimate of drug-likeness (QED) is 0.870. The molecule has 0 saturated heterocycles. The Morgan fingerprint density at radius 1 is 1.45 bits per heavy atom. The number of carboxylic acids is 1. The molecule has 1 unspecified atom stereocenters. The summed E-state index contributed by atoms with van der Waals surface area (Å²) in [5.74, 6) is -1.41. The molecule has 0 heterocycles. The van der Waals surface area contributed by atoms with Crippen LogP contribution in [0.3, 0.4) is 0 Å². The first-order valence-corrected chi connectivity index (χ1v) is 6.38. The number of benzene rings is 1. The normalized spacial score (nSPS) is 11.8. The van der Waals surface area contributed by atoms with E-state index in [1.807, 2.05) is 0 Å². The zero-order valence-corrected chi connectivity index (χ0v) is 11.8. The van der Waals surface area contributed by atoms with E-state index in [0.717, 1.165) is 0 Å². The van der Waals surface area contributed by atoms with Gasteiger partial charge in [-0.3, -0.25) is 4.79 Å². The number of aliphatic carboxylic acids is 1. The van der Waals surface area contributed by atoms with E-state index in [1.165, 1.54) is 11.0 Å². The molecule has 0 spiro atoms. The lowest BCUT2D eigenvalue weighted by atomic mass is 10.1. The molecule has 0 aliphatic carbocycles. The second-order valence-corrected chi connectivity index (χ2v) is 4.59. The summed E-state index contributed by atoms with van der Waals surface area (Å²) in [4.78, 5) is 23.7. The summed E-state index contributed by atoms with van der Waals surface area (Å²) in [5.41, 5.74) is 1.17. The fourth-order valence-corrected chi connectivity index (χ4v) is 1.73. The standard InChI is InChI=1S/C14H19FN2O3/c1-4-17(8-13(18)19)14(20)16-10(3)11-6-5-9(2)12(15)7-11/h5-7,10H,4,8H2,1-3H3,(H,16,20)(H,18,19). The van der Waals surface area contributed by atoms with Crippen LogP contribution in [0.1, 0.15) is 31.0 Å². The van der Waals surface area contributed by atoms with Gasteiger partial charge in [-0.1, -0.05) is 12.1 Å². The monoisotopic (exact) mass is 282 g/mol. The van der Waals surface area contributed by atoms with Crippen LogP contribution < -0.4 is 5.32 Å². The van der Waals surface area contributed by atoms with E-state index >= 15 is 0 Å². The number of carbonyl (C=O) groups excluding carboxylic acids is 1. The maximum absolute atomic E-state index is 13.5. The average molecular weight is 282 g/mol. The Balaban J connectivity index is 2.73. The van der Waals surface area contributed by atoms with Crippen molar-refractivity contribution in [3.8, 4) is 0 Å². The summed E-state index contributed by atoms with van der Waals surface area (Å²) in [7, 11) is 0. The second-order valence-electron chi connectivity index (χ2n) is 4.59. The van der Waals surface area contributed by atoms with Crippen LogP contribution in [0.4, 0.5) is 9.18 Å². The van der Waals surface area contributed by atoms with Gasteiger partial charge in [0.1, 0.15) is 12.4 Å². The Bertz CT molecular complexity index is 505. The van der Waals surface area contributed by atoms with Crippen LogP contribution >= 0.6 is 0 Å². The molecule has 1 atom stereocenters. The highest BCUT2D eigenvalue weighted by atomic mass is 19.1. The number of carbonyl (C=O) groups is 2. The number of urea groups is 1. The largest absolute Gasteiger partial charge is 0.480 e. The number of nitrogens with one attached hydrogen (secondary N) is 1. The highest BCUT2D eigenvalue weighted by Gasteiger charge is 2.17. The third kappa shape index (κ3) is 4.22. The molecule has 1 rings (SSSR count). The van der Waals surface area contributed by atoms with Crippen LogP contribution in [0.25, 0.3) is 0 Å². The van der Waals surface area contributed by atoms with Crippen molar-refractivity contribution in [3.63, 3.8) is 0 Å². The highest BCUT2D eigenvalue weighted by Crippen LogP contribution is 2.16. The molecule has 1 aromatic carbocycles. The zero-order chi connectivity index (χ0) is 15.3. The number of nitrogens with zero attached hydrogens (tertiary/aromatic N) is 1. The number of hydrogen-bond donors (Lipinski definition) is 2. The van der Waals surface area contributed by atoms with Gasteiger partial charge in [-0.05, 0) is 38.0 Å². The minimum Gasteiger partial charge on any atom is -0.480 e. The summed E-state index contributed by atoms with van der Waals surface area (Å²) in [6.45, 7) is 4.99. The molecule has 2 amide bonds. The van der Waals surface area contributed by atoms with Crippen molar-refractivity contribution in [1.82, 2.24) is 10.2 Å². The van der Waals surface area contributed by atoms with Crippen molar-refractivity contribution in [2.45, 2.75) is 26.8 Å². The summed E-state index contributed by atoms with van der Waals surface area (Å²) in [6, 6.07) is 3.86. The maximum Gasteiger partial charge on any atom is 0.323 e. The van der Waals surface area contributed by atoms with Crippen molar-refractivity contribution in [2.24, 2.45) is 0 Å². The molecule has 0 aliphatic rings. The maximum atomic E-state index is 13.5. The molecule has 2 N–H and O–H groups in total. The molecule has 0 aliphatic heterocycles. The SMILES string of the molecule is CCN(CC(=O)O)C(=O)NC(C)c1ccc(C)c(F)c1.